The number of hydrogen-bond donors (Lipinski definition) is 2. The molecule has 0 radical (unpaired) electrons. The summed E-state index contributed by atoms with van der Waals surface area (Å²) in [7, 11) is 1.61. The van der Waals surface area contributed by atoms with Crippen molar-refractivity contribution in [2.24, 2.45) is 0 Å². The van der Waals surface area contributed by atoms with Gasteiger partial charge in [0.05, 0.1) is 11.6 Å². The van der Waals surface area contributed by atoms with Crippen molar-refractivity contribution in [1.29, 1.82) is 0 Å². The molecule has 88 valence electrons. The van der Waals surface area contributed by atoms with Gasteiger partial charge >= 0.3 is 0 Å². The van der Waals surface area contributed by atoms with E-state index < -0.39 is 5.82 Å². The predicted molar refractivity (Wildman–Crippen MR) is 67.5 cm³/mol. The third-order valence-electron chi connectivity index (χ3n) is 1.77. The van der Waals surface area contributed by atoms with Crippen LogP contribution in [0.2, 0.25) is 5.02 Å². The van der Waals surface area contributed by atoms with Gasteiger partial charge in [0.15, 0.2) is 5.11 Å². The molecule has 0 amide bonds. The van der Waals surface area contributed by atoms with E-state index in [2.05, 4.69) is 10.6 Å². The fraction of sp³-hybridized carbons (Fsp3) is 0.300. The molecule has 0 aliphatic heterocycles. The highest BCUT2D eigenvalue weighted by molar-refractivity contribution is 7.80. The maximum absolute atomic E-state index is 12.9. The Hall–Kier alpha value is -0.910. The summed E-state index contributed by atoms with van der Waals surface area (Å²) >= 11 is 10.6. The van der Waals surface area contributed by atoms with Crippen molar-refractivity contribution < 1.29 is 9.13 Å². The Bertz CT molecular complexity index is 376. The second kappa shape index (κ2) is 6.62. The molecule has 0 fully saturated rings. The number of thiocarbonyl (C=S) groups is 1. The maximum atomic E-state index is 12.9. The summed E-state index contributed by atoms with van der Waals surface area (Å²) in [6.45, 7) is 1.17. The topological polar surface area (TPSA) is 33.3 Å². The zero-order valence-electron chi connectivity index (χ0n) is 8.72. The van der Waals surface area contributed by atoms with E-state index in [-0.39, 0.29) is 5.02 Å². The Balaban J connectivity index is 2.46. The van der Waals surface area contributed by atoms with Crippen LogP contribution in [0, 0.1) is 5.82 Å². The van der Waals surface area contributed by atoms with Crippen molar-refractivity contribution >= 4 is 34.6 Å². The summed E-state index contributed by atoms with van der Waals surface area (Å²) in [5, 5.41) is 6.31. The van der Waals surface area contributed by atoms with E-state index >= 15 is 0 Å². The highest BCUT2D eigenvalue weighted by atomic mass is 35.5. The smallest absolute Gasteiger partial charge is 0.170 e. The quantitative estimate of drug-likeness (QED) is 0.645. The zero-order valence-corrected chi connectivity index (χ0v) is 10.3. The molecular weight excluding hydrogens is 251 g/mol. The lowest BCUT2D eigenvalue weighted by Gasteiger charge is -2.10. The predicted octanol–water partition coefficient (Wildman–Crippen LogP) is 2.41. The molecule has 0 unspecified atom stereocenters. The van der Waals surface area contributed by atoms with Crippen molar-refractivity contribution in [2.75, 3.05) is 25.6 Å². The fourth-order valence-electron chi connectivity index (χ4n) is 1.02. The summed E-state index contributed by atoms with van der Waals surface area (Å²) in [5.41, 5.74) is 0.640. The number of halogens is 2. The fourth-order valence-corrected chi connectivity index (χ4v) is 1.42. The molecule has 0 bridgehead atoms. The monoisotopic (exact) mass is 262 g/mol. The van der Waals surface area contributed by atoms with E-state index in [1.807, 2.05) is 0 Å². The minimum absolute atomic E-state index is 0.0599. The average molecular weight is 263 g/mol. The molecule has 0 aliphatic carbocycles. The van der Waals surface area contributed by atoms with E-state index in [0.717, 1.165) is 0 Å². The number of ether oxygens (including phenoxy) is 1. The van der Waals surface area contributed by atoms with Crippen molar-refractivity contribution in [2.45, 2.75) is 0 Å². The number of anilines is 1. The van der Waals surface area contributed by atoms with E-state index in [1.165, 1.54) is 12.1 Å². The van der Waals surface area contributed by atoms with Gasteiger partial charge in [-0.2, -0.15) is 0 Å². The lowest BCUT2D eigenvalue weighted by molar-refractivity contribution is 0.204. The first-order chi connectivity index (χ1) is 7.63. The second-order valence-electron chi connectivity index (χ2n) is 3.00. The number of methoxy groups -OCH3 is 1. The Morgan fingerprint density at radius 3 is 2.94 bits per heavy atom. The summed E-state index contributed by atoms with van der Waals surface area (Å²) in [6.07, 6.45) is 0. The molecule has 1 aromatic carbocycles. The first-order valence-electron chi connectivity index (χ1n) is 4.62. The minimum atomic E-state index is -0.453. The summed E-state index contributed by atoms with van der Waals surface area (Å²) < 4.78 is 17.7. The number of hydrogen-bond acceptors (Lipinski definition) is 2. The summed E-state index contributed by atoms with van der Waals surface area (Å²) in [5.74, 6) is -0.453. The molecule has 0 aliphatic rings. The maximum Gasteiger partial charge on any atom is 0.170 e. The first-order valence-corrected chi connectivity index (χ1v) is 5.41. The molecule has 6 heteroatoms. The van der Waals surface area contributed by atoms with Crippen molar-refractivity contribution in [1.82, 2.24) is 5.32 Å². The van der Waals surface area contributed by atoms with E-state index in [4.69, 9.17) is 28.6 Å². The SMILES string of the molecule is COCCNC(=S)Nc1ccc(F)c(Cl)c1. The van der Waals surface area contributed by atoms with Gasteiger partial charge in [-0.05, 0) is 30.4 Å². The van der Waals surface area contributed by atoms with Gasteiger partial charge in [-0.1, -0.05) is 11.6 Å². The zero-order chi connectivity index (χ0) is 12.0. The molecular formula is C10H12ClFN2OS. The van der Waals surface area contributed by atoms with Gasteiger partial charge < -0.3 is 15.4 Å². The van der Waals surface area contributed by atoms with E-state index in [0.29, 0.717) is 24.0 Å². The standard InChI is InChI=1S/C10H12ClFN2OS/c1-15-5-4-13-10(16)14-7-2-3-9(12)8(11)6-7/h2-3,6H,4-5H2,1H3,(H2,13,14,16). The van der Waals surface area contributed by atoms with Crippen LogP contribution in [0.1, 0.15) is 0 Å². The lowest BCUT2D eigenvalue weighted by Crippen LogP contribution is -2.31. The molecule has 0 spiro atoms. The third kappa shape index (κ3) is 4.30. The summed E-state index contributed by atoms with van der Waals surface area (Å²) in [4.78, 5) is 0. The normalized spacial score (nSPS) is 9.94. The number of benzene rings is 1. The Labute approximate surface area is 104 Å². The molecule has 1 rings (SSSR count). The van der Waals surface area contributed by atoms with Crippen LogP contribution in [0.15, 0.2) is 18.2 Å². The van der Waals surface area contributed by atoms with Gasteiger partial charge in [-0.3, -0.25) is 0 Å². The average Bonchev–Trinajstić information content (AvgIpc) is 2.24. The van der Waals surface area contributed by atoms with Gasteiger partial charge in [-0.15, -0.1) is 0 Å². The first kappa shape index (κ1) is 13.2. The van der Waals surface area contributed by atoms with Crippen molar-refractivity contribution in [3.63, 3.8) is 0 Å². The highest BCUT2D eigenvalue weighted by Crippen LogP contribution is 2.19. The largest absolute Gasteiger partial charge is 0.383 e. The van der Waals surface area contributed by atoms with Gasteiger partial charge in [0, 0.05) is 19.3 Å². The van der Waals surface area contributed by atoms with Gasteiger partial charge in [0.25, 0.3) is 0 Å². The Kier molecular flexibility index (Phi) is 5.45. The van der Waals surface area contributed by atoms with E-state index in [1.54, 1.807) is 13.2 Å². The second-order valence-corrected chi connectivity index (χ2v) is 3.82. The molecule has 0 saturated heterocycles. The minimum Gasteiger partial charge on any atom is -0.383 e. The van der Waals surface area contributed by atoms with Crippen LogP contribution in [0.3, 0.4) is 0 Å². The third-order valence-corrected chi connectivity index (χ3v) is 2.31. The van der Waals surface area contributed by atoms with Crippen LogP contribution >= 0.6 is 23.8 Å². The van der Waals surface area contributed by atoms with Crippen molar-refractivity contribution in [3.8, 4) is 0 Å². The van der Waals surface area contributed by atoms with Gasteiger partial charge in [0.2, 0.25) is 0 Å². The molecule has 0 aromatic heterocycles. The van der Waals surface area contributed by atoms with Crippen LogP contribution in [0.4, 0.5) is 10.1 Å². The molecule has 1 aromatic rings. The van der Waals surface area contributed by atoms with Crippen LogP contribution in [-0.2, 0) is 4.74 Å². The van der Waals surface area contributed by atoms with Gasteiger partial charge in [0.1, 0.15) is 5.82 Å². The van der Waals surface area contributed by atoms with Crippen LogP contribution in [-0.4, -0.2) is 25.4 Å². The number of nitrogens with one attached hydrogen (secondary N) is 2. The van der Waals surface area contributed by atoms with Gasteiger partial charge in [-0.25, -0.2) is 4.39 Å². The molecule has 16 heavy (non-hydrogen) atoms. The Morgan fingerprint density at radius 1 is 1.56 bits per heavy atom. The van der Waals surface area contributed by atoms with Crippen molar-refractivity contribution in [3.05, 3.63) is 29.0 Å². The lowest BCUT2D eigenvalue weighted by atomic mass is 10.3. The highest BCUT2D eigenvalue weighted by Gasteiger charge is 2.02. The van der Waals surface area contributed by atoms with E-state index in [9.17, 15) is 4.39 Å². The molecule has 0 saturated carbocycles. The van der Waals surface area contributed by atoms with Crippen LogP contribution in [0.25, 0.3) is 0 Å². The Morgan fingerprint density at radius 2 is 2.31 bits per heavy atom. The molecule has 0 heterocycles. The molecule has 2 N–H and O–H groups in total. The molecule has 0 atom stereocenters. The summed E-state index contributed by atoms with van der Waals surface area (Å²) in [6, 6.07) is 4.31. The number of rotatable bonds is 4. The van der Waals surface area contributed by atoms with Crippen LogP contribution in [0.5, 0.6) is 0 Å². The molecule has 3 nitrogen and oxygen atoms in total. The van der Waals surface area contributed by atoms with Crippen LogP contribution < -0.4 is 10.6 Å².